The van der Waals surface area contributed by atoms with Crippen molar-refractivity contribution in [2.45, 2.75) is 13.5 Å². The van der Waals surface area contributed by atoms with Crippen LogP contribution in [0.4, 0.5) is 0 Å². The maximum atomic E-state index is 12.8. The van der Waals surface area contributed by atoms with Crippen molar-refractivity contribution in [3.05, 3.63) is 80.0 Å². The predicted molar refractivity (Wildman–Crippen MR) is 138 cm³/mol. The quantitative estimate of drug-likeness (QED) is 0.160. The number of ether oxygens (including phenoxy) is 2. The molecule has 1 amide bonds. The van der Waals surface area contributed by atoms with Crippen LogP contribution in [0.25, 0.3) is 21.8 Å². The van der Waals surface area contributed by atoms with Gasteiger partial charge >= 0.3 is 0 Å². The highest BCUT2D eigenvalue weighted by atomic mass is 127. The van der Waals surface area contributed by atoms with Crippen LogP contribution in [-0.4, -0.2) is 30.4 Å². The third-order valence-electron chi connectivity index (χ3n) is 5.12. The Bertz CT molecular complexity index is 1370. The van der Waals surface area contributed by atoms with Crippen LogP contribution in [0.5, 0.6) is 11.5 Å². The summed E-state index contributed by atoms with van der Waals surface area (Å²) in [5, 5.41) is 5.25. The average molecular weight is 555 g/mol. The molecule has 8 heteroatoms. The van der Waals surface area contributed by atoms with E-state index in [1.807, 2.05) is 54.0 Å². The number of nitrogens with one attached hydrogen (secondary N) is 1. The smallest absolute Gasteiger partial charge is 0.260 e. The van der Waals surface area contributed by atoms with Crippen molar-refractivity contribution in [1.29, 1.82) is 0 Å². The summed E-state index contributed by atoms with van der Waals surface area (Å²) < 4.78 is 13.8. The summed E-state index contributed by atoms with van der Waals surface area (Å²) in [5.74, 6) is 0.972. The van der Waals surface area contributed by atoms with Gasteiger partial charge in [0.1, 0.15) is 6.54 Å². The highest BCUT2D eigenvalue weighted by Gasteiger charge is 2.13. The van der Waals surface area contributed by atoms with Crippen LogP contribution >= 0.6 is 22.6 Å². The van der Waals surface area contributed by atoms with E-state index >= 15 is 0 Å². The van der Waals surface area contributed by atoms with E-state index in [1.165, 1.54) is 0 Å². The van der Waals surface area contributed by atoms with Gasteiger partial charge in [0.15, 0.2) is 16.9 Å². The van der Waals surface area contributed by atoms with Crippen molar-refractivity contribution in [1.82, 2.24) is 9.99 Å². The summed E-state index contributed by atoms with van der Waals surface area (Å²) in [5.41, 5.74) is 4.69. The number of aromatic nitrogens is 1. The number of carbonyl (C=O) groups excluding carboxylic acids is 1. The van der Waals surface area contributed by atoms with E-state index in [-0.39, 0.29) is 17.9 Å². The third-order valence-corrected chi connectivity index (χ3v) is 5.93. The molecule has 0 spiro atoms. The number of rotatable bonds is 7. The minimum Gasteiger partial charge on any atom is -0.493 e. The Labute approximate surface area is 204 Å². The molecule has 0 bridgehead atoms. The molecule has 0 aliphatic heterocycles. The fourth-order valence-electron chi connectivity index (χ4n) is 3.70. The molecule has 168 valence electrons. The zero-order chi connectivity index (χ0) is 23.4. The second-order valence-electron chi connectivity index (χ2n) is 7.21. The van der Waals surface area contributed by atoms with Gasteiger partial charge in [0, 0.05) is 10.8 Å². The van der Waals surface area contributed by atoms with Crippen LogP contribution in [0.15, 0.2) is 70.6 Å². The number of para-hydroxylation sites is 2. The topological polar surface area (TPSA) is 81.9 Å². The van der Waals surface area contributed by atoms with E-state index in [2.05, 4.69) is 33.1 Å². The van der Waals surface area contributed by atoms with Crippen LogP contribution in [0, 0.1) is 3.57 Å². The third kappa shape index (κ3) is 4.70. The van der Waals surface area contributed by atoms with Crippen LogP contribution < -0.4 is 20.3 Å². The van der Waals surface area contributed by atoms with Gasteiger partial charge in [0.05, 0.1) is 34.5 Å². The van der Waals surface area contributed by atoms with Crippen LogP contribution in [0.2, 0.25) is 0 Å². The van der Waals surface area contributed by atoms with Gasteiger partial charge in [-0.15, -0.1) is 0 Å². The molecule has 0 saturated carbocycles. The van der Waals surface area contributed by atoms with Gasteiger partial charge in [0.2, 0.25) is 0 Å². The van der Waals surface area contributed by atoms with Crippen LogP contribution in [0.1, 0.15) is 12.5 Å². The Balaban J connectivity index is 1.59. The molecule has 1 N–H and O–H groups in total. The Morgan fingerprint density at radius 2 is 1.73 bits per heavy atom. The van der Waals surface area contributed by atoms with Gasteiger partial charge in [-0.1, -0.05) is 24.3 Å². The largest absolute Gasteiger partial charge is 0.493 e. The first-order valence-electron chi connectivity index (χ1n) is 10.4. The molecule has 4 rings (SSSR count). The summed E-state index contributed by atoms with van der Waals surface area (Å²) in [6, 6.07) is 18.3. The number of halogens is 1. The molecule has 0 fully saturated rings. The molecular formula is C25H22IN3O4. The average Bonchev–Trinajstić information content (AvgIpc) is 2.83. The number of methoxy groups -OCH3 is 1. The van der Waals surface area contributed by atoms with Gasteiger partial charge in [-0.05, 0) is 71.5 Å². The predicted octanol–water partition coefficient (Wildman–Crippen LogP) is 4.32. The Morgan fingerprint density at radius 1 is 1.09 bits per heavy atom. The number of hydrogen-bond acceptors (Lipinski definition) is 5. The number of benzene rings is 3. The number of nitrogens with zero attached hydrogens (tertiary/aromatic N) is 2. The molecule has 0 radical (unpaired) electrons. The van der Waals surface area contributed by atoms with Crippen molar-refractivity contribution in [3.63, 3.8) is 0 Å². The normalized spacial score (nSPS) is 11.2. The molecule has 0 atom stereocenters. The first kappa shape index (κ1) is 22.8. The molecule has 1 aromatic heterocycles. The number of fused-ring (bicyclic) bond motifs is 2. The van der Waals surface area contributed by atoms with Crippen molar-refractivity contribution in [3.8, 4) is 11.5 Å². The van der Waals surface area contributed by atoms with Gasteiger partial charge in [-0.25, -0.2) is 5.43 Å². The molecule has 0 aliphatic carbocycles. The Kier molecular flexibility index (Phi) is 6.93. The maximum absolute atomic E-state index is 12.8. The minimum absolute atomic E-state index is 0.0166. The molecule has 0 saturated heterocycles. The first-order valence-corrected chi connectivity index (χ1v) is 11.4. The first-order chi connectivity index (χ1) is 16.0. The van der Waals surface area contributed by atoms with Crippen LogP contribution in [0.3, 0.4) is 0 Å². The monoisotopic (exact) mass is 555 g/mol. The number of hydrazone groups is 1. The van der Waals surface area contributed by atoms with E-state index in [0.717, 1.165) is 9.13 Å². The zero-order valence-electron chi connectivity index (χ0n) is 18.2. The van der Waals surface area contributed by atoms with E-state index in [0.29, 0.717) is 39.9 Å². The highest BCUT2D eigenvalue weighted by molar-refractivity contribution is 14.1. The standard InChI is InChI=1S/C25H22IN3O4/c1-3-33-25-19(26)12-16(13-22(25)32-2)14-27-28-23(30)15-29-20-10-6-4-8-17(20)24(31)18-9-5-7-11-21(18)29/h4-14H,3,15H2,1-2H3,(H,28,30)/b27-14-. The summed E-state index contributed by atoms with van der Waals surface area (Å²) in [7, 11) is 1.58. The Hall–Kier alpha value is -3.40. The van der Waals surface area contributed by atoms with Gasteiger partial charge in [0.25, 0.3) is 5.91 Å². The minimum atomic E-state index is -0.308. The van der Waals surface area contributed by atoms with Crippen molar-refractivity contribution in [2.75, 3.05) is 13.7 Å². The summed E-state index contributed by atoms with van der Waals surface area (Å²) in [6.07, 6.45) is 1.56. The molecule has 3 aromatic carbocycles. The van der Waals surface area contributed by atoms with E-state index in [1.54, 1.807) is 31.5 Å². The second kappa shape index (κ2) is 10.0. The van der Waals surface area contributed by atoms with Crippen LogP contribution in [-0.2, 0) is 11.3 Å². The molecular weight excluding hydrogens is 533 g/mol. The van der Waals surface area contributed by atoms with Crippen molar-refractivity contribution >= 4 is 56.5 Å². The number of pyridine rings is 1. The zero-order valence-corrected chi connectivity index (χ0v) is 20.3. The van der Waals surface area contributed by atoms with E-state index < -0.39 is 0 Å². The Morgan fingerprint density at radius 3 is 2.33 bits per heavy atom. The summed E-state index contributed by atoms with van der Waals surface area (Å²) in [4.78, 5) is 25.6. The second-order valence-corrected chi connectivity index (χ2v) is 8.37. The van der Waals surface area contributed by atoms with E-state index in [9.17, 15) is 9.59 Å². The lowest BCUT2D eigenvalue weighted by Gasteiger charge is -2.14. The van der Waals surface area contributed by atoms with Gasteiger partial charge in [-0.3, -0.25) is 9.59 Å². The fraction of sp³-hybridized carbons (Fsp3) is 0.160. The lowest BCUT2D eigenvalue weighted by Crippen LogP contribution is -2.25. The lowest BCUT2D eigenvalue weighted by molar-refractivity contribution is -0.121. The fourth-order valence-corrected chi connectivity index (χ4v) is 4.48. The molecule has 7 nitrogen and oxygen atoms in total. The van der Waals surface area contributed by atoms with Crippen molar-refractivity contribution in [2.24, 2.45) is 5.10 Å². The molecule has 1 heterocycles. The number of hydrogen-bond donors (Lipinski definition) is 1. The molecule has 0 aliphatic rings. The molecule has 4 aromatic rings. The van der Waals surface area contributed by atoms with Crippen molar-refractivity contribution < 1.29 is 14.3 Å². The lowest BCUT2D eigenvalue weighted by atomic mass is 10.1. The summed E-state index contributed by atoms with van der Waals surface area (Å²) in [6.45, 7) is 2.46. The molecule has 0 unspecified atom stereocenters. The molecule has 33 heavy (non-hydrogen) atoms. The van der Waals surface area contributed by atoms with Gasteiger partial charge < -0.3 is 14.0 Å². The van der Waals surface area contributed by atoms with E-state index in [4.69, 9.17) is 9.47 Å². The highest BCUT2D eigenvalue weighted by Crippen LogP contribution is 2.33. The van der Waals surface area contributed by atoms with Gasteiger partial charge in [-0.2, -0.15) is 5.10 Å². The number of carbonyl (C=O) groups is 1. The maximum Gasteiger partial charge on any atom is 0.260 e. The SMILES string of the molecule is CCOc1c(I)cc(/C=N\NC(=O)Cn2c3ccccc3c(=O)c3ccccc32)cc1OC. The number of amides is 1. The summed E-state index contributed by atoms with van der Waals surface area (Å²) >= 11 is 2.17.